The molecule has 3 aromatic heterocycles. The summed E-state index contributed by atoms with van der Waals surface area (Å²) in [5.41, 5.74) is 2.71. The minimum Gasteiger partial charge on any atom is -0.367 e. The van der Waals surface area contributed by atoms with Crippen LogP contribution in [0.4, 0.5) is 15.2 Å². The molecular formula is C28H30FN7O2S. The van der Waals surface area contributed by atoms with Crippen molar-refractivity contribution >= 4 is 45.0 Å². The van der Waals surface area contributed by atoms with Gasteiger partial charge < -0.3 is 19.3 Å². The van der Waals surface area contributed by atoms with Gasteiger partial charge >= 0.3 is 0 Å². The first-order chi connectivity index (χ1) is 18.9. The molecule has 2 amide bonds. The lowest BCUT2D eigenvalue weighted by Gasteiger charge is -2.41. The largest absolute Gasteiger partial charge is 0.367 e. The van der Waals surface area contributed by atoms with Crippen LogP contribution in [-0.2, 0) is 24.3 Å². The summed E-state index contributed by atoms with van der Waals surface area (Å²) in [5, 5.41) is 4.43. The molecule has 202 valence electrons. The van der Waals surface area contributed by atoms with Crippen LogP contribution in [0.2, 0.25) is 0 Å². The molecule has 1 aromatic carbocycles. The second kappa shape index (κ2) is 10.4. The molecule has 9 nitrogen and oxygen atoms in total. The summed E-state index contributed by atoms with van der Waals surface area (Å²) in [6.45, 7) is 5.51. The molecular weight excluding hydrogens is 517 g/mol. The van der Waals surface area contributed by atoms with Crippen molar-refractivity contribution in [1.82, 2.24) is 24.3 Å². The van der Waals surface area contributed by atoms with Crippen LogP contribution in [-0.4, -0.2) is 75.4 Å². The van der Waals surface area contributed by atoms with Gasteiger partial charge in [0.1, 0.15) is 18.0 Å². The zero-order valence-electron chi connectivity index (χ0n) is 21.9. The maximum atomic E-state index is 14.3. The molecule has 1 atom stereocenters. The average molecular weight is 548 g/mol. The fourth-order valence-corrected chi connectivity index (χ4v) is 6.52. The molecule has 0 bridgehead atoms. The summed E-state index contributed by atoms with van der Waals surface area (Å²) in [7, 11) is 2.06. The van der Waals surface area contributed by atoms with Gasteiger partial charge in [0.2, 0.25) is 5.91 Å². The third-order valence-corrected chi connectivity index (χ3v) is 8.46. The third-order valence-electron chi connectivity index (χ3n) is 7.46. The Morgan fingerprint density at radius 3 is 2.90 bits per heavy atom. The Balaban J connectivity index is 1.15. The minimum absolute atomic E-state index is 0.0146. The first kappa shape index (κ1) is 25.4. The van der Waals surface area contributed by atoms with Crippen molar-refractivity contribution < 1.29 is 14.0 Å². The number of likely N-dealkylation sites (N-methyl/N-ethyl adjacent to an activating group) is 1. The number of aromatic nitrogens is 3. The topological polar surface area (TPSA) is 86.6 Å². The molecule has 0 radical (unpaired) electrons. The lowest BCUT2D eigenvalue weighted by atomic mass is 10.1. The Bertz CT molecular complexity index is 1550. The van der Waals surface area contributed by atoms with Gasteiger partial charge in [0.05, 0.1) is 11.3 Å². The van der Waals surface area contributed by atoms with Gasteiger partial charge in [-0.2, -0.15) is 0 Å². The van der Waals surface area contributed by atoms with Crippen molar-refractivity contribution in [2.24, 2.45) is 0 Å². The lowest BCUT2D eigenvalue weighted by molar-refractivity contribution is -0.134. The number of pyridine rings is 1. The molecule has 0 unspecified atom stereocenters. The number of rotatable bonds is 5. The summed E-state index contributed by atoms with van der Waals surface area (Å²) in [5.74, 6) is -0.846. The molecule has 2 aliphatic rings. The highest BCUT2D eigenvalue weighted by molar-refractivity contribution is 7.15. The zero-order valence-corrected chi connectivity index (χ0v) is 22.7. The molecule has 2 aliphatic heterocycles. The number of nitrogens with zero attached hydrogens (tertiary/aromatic N) is 6. The molecule has 1 N–H and O–H groups in total. The van der Waals surface area contributed by atoms with E-state index in [0.717, 1.165) is 41.1 Å². The number of benzene rings is 1. The summed E-state index contributed by atoms with van der Waals surface area (Å²) >= 11 is 1.47. The molecule has 6 rings (SSSR count). The zero-order chi connectivity index (χ0) is 27.1. The monoisotopic (exact) mass is 547 g/mol. The van der Waals surface area contributed by atoms with E-state index in [1.54, 1.807) is 12.3 Å². The number of carbonyl (C=O) groups is 2. The molecule has 0 spiro atoms. The predicted molar refractivity (Wildman–Crippen MR) is 150 cm³/mol. The number of anilines is 2. The van der Waals surface area contributed by atoms with Crippen LogP contribution >= 0.6 is 11.3 Å². The minimum atomic E-state index is -0.474. The van der Waals surface area contributed by atoms with Gasteiger partial charge in [-0.1, -0.05) is 0 Å². The number of piperazine rings is 1. The van der Waals surface area contributed by atoms with Crippen LogP contribution in [0.25, 0.3) is 11.0 Å². The second-order valence-corrected chi connectivity index (χ2v) is 11.3. The van der Waals surface area contributed by atoms with E-state index in [0.29, 0.717) is 30.5 Å². The number of hydrogen-bond donors (Lipinski definition) is 1. The Labute approximate surface area is 229 Å². The van der Waals surface area contributed by atoms with Crippen LogP contribution in [0.15, 0.2) is 48.8 Å². The van der Waals surface area contributed by atoms with E-state index < -0.39 is 5.82 Å². The van der Waals surface area contributed by atoms with Gasteiger partial charge in [0.25, 0.3) is 5.91 Å². The molecule has 39 heavy (non-hydrogen) atoms. The summed E-state index contributed by atoms with van der Waals surface area (Å²) in [4.78, 5) is 42.9. The number of amides is 2. The van der Waals surface area contributed by atoms with Crippen molar-refractivity contribution in [3.05, 3.63) is 70.7 Å². The van der Waals surface area contributed by atoms with Crippen LogP contribution in [0.5, 0.6) is 0 Å². The van der Waals surface area contributed by atoms with E-state index in [1.807, 2.05) is 40.8 Å². The van der Waals surface area contributed by atoms with Crippen LogP contribution in [0, 0.1) is 5.82 Å². The number of hydrogen-bond acceptors (Lipinski definition) is 7. The number of halogens is 1. The van der Waals surface area contributed by atoms with Crippen molar-refractivity contribution in [2.45, 2.75) is 32.5 Å². The van der Waals surface area contributed by atoms with Crippen LogP contribution in [0.3, 0.4) is 0 Å². The first-order valence-electron chi connectivity index (χ1n) is 13.1. The van der Waals surface area contributed by atoms with Gasteiger partial charge in [-0.15, -0.1) is 11.3 Å². The van der Waals surface area contributed by atoms with E-state index >= 15 is 0 Å². The van der Waals surface area contributed by atoms with E-state index in [2.05, 4.69) is 32.1 Å². The Morgan fingerprint density at radius 2 is 2.05 bits per heavy atom. The molecule has 1 saturated heterocycles. The quantitative estimate of drug-likeness (QED) is 0.411. The molecule has 1 fully saturated rings. The Hall–Kier alpha value is -3.83. The molecule has 4 aromatic rings. The van der Waals surface area contributed by atoms with E-state index in [-0.39, 0.29) is 30.0 Å². The summed E-state index contributed by atoms with van der Waals surface area (Å²) in [6, 6.07) is 10.0. The number of fused-ring (bicyclic) bond motifs is 2. The second-order valence-electron chi connectivity index (χ2n) is 10.2. The first-order valence-corrected chi connectivity index (χ1v) is 13.9. The normalized spacial score (nSPS) is 17.9. The highest BCUT2D eigenvalue weighted by Crippen LogP contribution is 2.30. The third kappa shape index (κ3) is 5.11. The number of carbonyl (C=O) groups excluding carboxylic acids is 2. The number of nitrogens with one attached hydrogen (secondary N) is 1. The van der Waals surface area contributed by atoms with Gasteiger partial charge in [-0.3, -0.25) is 14.9 Å². The predicted octanol–water partition coefficient (Wildman–Crippen LogP) is 3.61. The van der Waals surface area contributed by atoms with Gasteiger partial charge in [0.15, 0.2) is 5.13 Å². The maximum Gasteiger partial charge on any atom is 0.259 e. The highest BCUT2D eigenvalue weighted by Gasteiger charge is 2.30. The standard InChI is InChI=1S/C28H30FN7O2S/c1-18-15-34(12-13-36(18)25(37)17-35-11-7-19-4-3-9-30-26(19)35)23-6-5-20(29)14-21(23)27(38)32-28-31-22-8-10-33(2)16-24(22)39-28/h3-7,9,11,14,18H,8,10,12-13,15-17H2,1-2H3,(H,31,32,38)/t18-/m0/s1. The van der Waals surface area contributed by atoms with Gasteiger partial charge in [0, 0.05) is 73.5 Å². The van der Waals surface area contributed by atoms with E-state index in [1.165, 1.54) is 23.5 Å². The van der Waals surface area contributed by atoms with Crippen LogP contribution < -0.4 is 10.2 Å². The van der Waals surface area contributed by atoms with Gasteiger partial charge in [-0.25, -0.2) is 14.4 Å². The van der Waals surface area contributed by atoms with Crippen molar-refractivity contribution in [3.63, 3.8) is 0 Å². The van der Waals surface area contributed by atoms with Crippen LogP contribution in [0.1, 0.15) is 27.9 Å². The SMILES string of the molecule is C[C@H]1CN(c2ccc(F)cc2C(=O)Nc2nc3c(s2)CN(C)CC3)CCN1C(=O)Cn1ccc2cccnc21. The molecule has 0 saturated carbocycles. The summed E-state index contributed by atoms with van der Waals surface area (Å²) < 4.78 is 16.2. The van der Waals surface area contributed by atoms with E-state index in [4.69, 9.17) is 0 Å². The number of thiazole rings is 1. The molecule has 0 aliphatic carbocycles. The summed E-state index contributed by atoms with van der Waals surface area (Å²) in [6.07, 6.45) is 4.46. The highest BCUT2D eigenvalue weighted by atomic mass is 32.1. The van der Waals surface area contributed by atoms with E-state index in [9.17, 15) is 14.0 Å². The van der Waals surface area contributed by atoms with Crippen molar-refractivity contribution in [1.29, 1.82) is 0 Å². The smallest absolute Gasteiger partial charge is 0.259 e. The average Bonchev–Trinajstić information content (AvgIpc) is 3.51. The Morgan fingerprint density at radius 1 is 1.18 bits per heavy atom. The fraction of sp³-hybridized carbons (Fsp3) is 0.357. The van der Waals surface area contributed by atoms with Crippen molar-refractivity contribution in [2.75, 3.05) is 43.4 Å². The van der Waals surface area contributed by atoms with Crippen molar-refractivity contribution in [3.8, 4) is 0 Å². The maximum absolute atomic E-state index is 14.3. The molecule has 11 heteroatoms. The fourth-order valence-electron chi connectivity index (χ4n) is 5.44. The Kier molecular flexibility index (Phi) is 6.78. The lowest BCUT2D eigenvalue weighted by Crippen LogP contribution is -2.55. The molecule has 5 heterocycles. The van der Waals surface area contributed by atoms with Gasteiger partial charge in [-0.05, 0) is 50.4 Å².